The molecule has 2 amide bonds. The van der Waals surface area contributed by atoms with Crippen molar-refractivity contribution in [1.82, 2.24) is 15.5 Å². The second-order valence-electron chi connectivity index (χ2n) is 4.11. The molecule has 84 valence electrons. The van der Waals surface area contributed by atoms with Crippen molar-refractivity contribution in [3.05, 3.63) is 0 Å². The maximum absolute atomic E-state index is 12.0. The number of carbonyl (C=O) groups excluding carboxylic acids is 2. The second-order valence-corrected chi connectivity index (χ2v) is 4.11. The normalized spacial score (nSPS) is 27.3. The molecule has 0 spiro atoms. The van der Waals surface area contributed by atoms with Crippen molar-refractivity contribution >= 4 is 11.8 Å². The first kappa shape index (κ1) is 10.4. The van der Waals surface area contributed by atoms with Crippen molar-refractivity contribution in [2.45, 2.75) is 25.3 Å². The Bertz CT molecular complexity index is 261. The summed E-state index contributed by atoms with van der Waals surface area (Å²) >= 11 is 0. The van der Waals surface area contributed by atoms with Gasteiger partial charge in [0, 0.05) is 13.1 Å². The monoisotopic (exact) mass is 211 g/mol. The first-order valence-electron chi connectivity index (χ1n) is 5.56. The summed E-state index contributed by atoms with van der Waals surface area (Å²) in [4.78, 5) is 24.9. The van der Waals surface area contributed by atoms with Crippen LogP contribution in [0.25, 0.3) is 0 Å². The van der Waals surface area contributed by atoms with Gasteiger partial charge < -0.3 is 15.5 Å². The molecule has 0 aromatic rings. The Hall–Kier alpha value is -1.10. The van der Waals surface area contributed by atoms with E-state index in [4.69, 9.17) is 0 Å². The average molecular weight is 211 g/mol. The molecule has 0 radical (unpaired) electrons. The molecule has 0 saturated carbocycles. The second kappa shape index (κ2) is 4.61. The van der Waals surface area contributed by atoms with E-state index in [0.717, 1.165) is 25.8 Å². The van der Waals surface area contributed by atoms with Gasteiger partial charge in [-0.15, -0.1) is 0 Å². The first-order chi connectivity index (χ1) is 7.27. The zero-order valence-corrected chi connectivity index (χ0v) is 8.79. The van der Waals surface area contributed by atoms with E-state index in [2.05, 4.69) is 10.6 Å². The summed E-state index contributed by atoms with van der Waals surface area (Å²) in [7, 11) is 0. The van der Waals surface area contributed by atoms with Gasteiger partial charge in [0.1, 0.15) is 0 Å². The topological polar surface area (TPSA) is 61.4 Å². The maximum atomic E-state index is 12.0. The molecule has 2 fully saturated rings. The van der Waals surface area contributed by atoms with Crippen LogP contribution < -0.4 is 10.6 Å². The lowest BCUT2D eigenvalue weighted by molar-refractivity contribution is -0.136. The van der Waals surface area contributed by atoms with Crippen LogP contribution in [0.4, 0.5) is 0 Å². The van der Waals surface area contributed by atoms with E-state index in [0.29, 0.717) is 13.1 Å². The standard InChI is InChI=1S/C10H17N3O2/c14-9-7-13(6-2-5-12-9)10(15)8-3-1-4-11-8/h8,11H,1-7H2,(H,12,14)/t8-/m1/s1. The smallest absolute Gasteiger partial charge is 0.240 e. The summed E-state index contributed by atoms with van der Waals surface area (Å²) in [5, 5.41) is 5.93. The number of nitrogens with one attached hydrogen (secondary N) is 2. The van der Waals surface area contributed by atoms with E-state index in [9.17, 15) is 9.59 Å². The minimum Gasteiger partial charge on any atom is -0.354 e. The predicted octanol–water partition coefficient (Wildman–Crippen LogP) is -0.913. The highest BCUT2D eigenvalue weighted by Gasteiger charge is 2.28. The van der Waals surface area contributed by atoms with Crippen molar-refractivity contribution < 1.29 is 9.59 Å². The van der Waals surface area contributed by atoms with Crippen molar-refractivity contribution in [3.63, 3.8) is 0 Å². The van der Waals surface area contributed by atoms with Crippen molar-refractivity contribution in [1.29, 1.82) is 0 Å². The minimum absolute atomic E-state index is 0.0427. The van der Waals surface area contributed by atoms with Gasteiger partial charge in [-0.25, -0.2) is 0 Å². The van der Waals surface area contributed by atoms with Gasteiger partial charge in [0.25, 0.3) is 0 Å². The molecule has 2 aliphatic rings. The fraction of sp³-hybridized carbons (Fsp3) is 0.800. The van der Waals surface area contributed by atoms with Gasteiger partial charge in [0.05, 0.1) is 12.6 Å². The zero-order chi connectivity index (χ0) is 10.7. The van der Waals surface area contributed by atoms with Crippen molar-refractivity contribution in [2.24, 2.45) is 0 Å². The zero-order valence-electron chi connectivity index (χ0n) is 8.79. The van der Waals surface area contributed by atoms with E-state index in [-0.39, 0.29) is 24.4 Å². The Morgan fingerprint density at radius 3 is 2.93 bits per heavy atom. The summed E-state index contributed by atoms with van der Waals surface area (Å²) in [6.07, 6.45) is 2.80. The van der Waals surface area contributed by atoms with Crippen LogP contribution in [-0.2, 0) is 9.59 Å². The van der Waals surface area contributed by atoms with Crippen LogP contribution in [0.3, 0.4) is 0 Å². The third-order valence-corrected chi connectivity index (χ3v) is 2.93. The van der Waals surface area contributed by atoms with E-state index in [1.807, 2.05) is 0 Å². The molecular formula is C10H17N3O2. The highest BCUT2D eigenvalue weighted by atomic mass is 16.2. The number of amides is 2. The Kier molecular flexibility index (Phi) is 3.20. The Balaban J connectivity index is 1.95. The third-order valence-electron chi connectivity index (χ3n) is 2.93. The summed E-state index contributed by atoms with van der Waals surface area (Å²) < 4.78 is 0. The molecule has 5 nitrogen and oxygen atoms in total. The number of carbonyl (C=O) groups is 2. The van der Waals surface area contributed by atoms with Crippen LogP contribution in [0.1, 0.15) is 19.3 Å². The van der Waals surface area contributed by atoms with Crippen LogP contribution in [0.15, 0.2) is 0 Å². The summed E-state index contributed by atoms with van der Waals surface area (Å²) in [5.41, 5.74) is 0. The van der Waals surface area contributed by atoms with Gasteiger partial charge in [-0.3, -0.25) is 9.59 Å². The van der Waals surface area contributed by atoms with Gasteiger partial charge in [-0.05, 0) is 25.8 Å². The van der Waals surface area contributed by atoms with Crippen molar-refractivity contribution in [2.75, 3.05) is 26.2 Å². The third kappa shape index (κ3) is 2.47. The van der Waals surface area contributed by atoms with Crippen molar-refractivity contribution in [3.8, 4) is 0 Å². The van der Waals surface area contributed by atoms with Crippen LogP contribution in [0.5, 0.6) is 0 Å². The van der Waals surface area contributed by atoms with Gasteiger partial charge in [0.2, 0.25) is 11.8 Å². The van der Waals surface area contributed by atoms with E-state index >= 15 is 0 Å². The highest BCUT2D eigenvalue weighted by molar-refractivity contribution is 5.88. The maximum Gasteiger partial charge on any atom is 0.240 e. The molecule has 1 atom stereocenters. The lowest BCUT2D eigenvalue weighted by atomic mass is 10.2. The molecule has 2 aliphatic heterocycles. The molecule has 2 rings (SSSR count). The number of hydrogen-bond acceptors (Lipinski definition) is 3. The minimum atomic E-state index is -0.0594. The fourth-order valence-electron chi connectivity index (χ4n) is 2.11. The molecular weight excluding hydrogens is 194 g/mol. The quantitative estimate of drug-likeness (QED) is 0.590. The summed E-state index contributed by atoms with van der Waals surface area (Å²) in [5.74, 6) is 0.0448. The molecule has 0 bridgehead atoms. The summed E-state index contributed by atoms with van der Waals surface area (Å²) in [6, 6.07) is -0.0594. The Labute approximate surface area is 89.2 Å². The molecule has 15 heavy (non-hydrogen) atoms. The van der Waals surface area contributed by atoms with E-state index < -0.39 is 0 Å². The average Bonchev–Trinajstić information content (AvgIpc) is 2.67. The molecule has 0 aromatic heterocycles. The SMILES string of the molecule is O=C1CN(C(=O)[C@H]2CCCN2)CCCN1. The van der Waals surface area contributed by atoms with Crippen LogP contribution in [0, 0.1) is 0 Å². The van der Waals surface area contributed by atoms with Gasteiger partial charge in [-0.2, -0.15) is 0 Å². The number of rotatable bonds is 1. The lowest BCUT2D eigenvalue weighted by Crippen LogP contribution is -2.46. The van der Waals surface area contributed by atoms with Gasteiger partial charge in [-0.1, -0.05) is 0 Å². The largest absolute Gasteiger partial charge is 0.354 e. The number of nitrogens with zero attached hydrogens (tertiary/aromatic N) is 1. The fourth-order valence-corrected chi connectivity index (χ4v) is 2.11. The molecule has 2 N–H and O–H groups in total. The predicted molar refractivity (Wildman–Crippen MR) is 55.2 cm³/mol. The number of hydrogen-bond donors (Lipinski definition) is 2. The Morgan fingerprint density at radius 1 is 1.33 bits per heavy atom. The lowest BCUT2D eigenvalue weighted by Gasteiger charge is -2.22. The first-order valence-corrected chi connectivity index (χ1v) is 5.56. The molecule has 2 saturated heterocycles. The highest BCUT2D eigenvalue weighted by Crippen LogP contribution is 2.09. The van der Waals surface area contributed by atoms with Crippen LogP contribution >= 0.6 is 0 Å². The van der Waals surface area contributed by atoms with Crippen LogP contribution in [0.2, 0.25) is 0 Å². The van der Waals surface area contributed by atoms with E-state index in [1.54, 1.807) is 4.90 Å². The molecule has 0 aliphatic carbocycles. The van der Waals surface area contributed by atoms with Gasteiger partial charge in [0.15, 0.2) is 0 Å². The molecule has 0 unspecified atom stereocenters. The molecule has 5 heteroatoms. The van der Waals surface area contributed by atoms with Gasteiger partial charge >= 0.3 is 0 Å². The molecule has 0 aromatic carbocycles. The Morgan fingerprint density at radius 2 is 2.20 bits per heavy atom. The van der Waals surface area contributed by atoms with Crippen LogP contribution in [-0.4, -0.2) is 48.9 Å². The van der Waals surface area contributed by atoms with E-state index in [1.165, 1.54) is 0 Å². The molecule has 2 heterocycles. The summed E-state index contributed by atoms with van der Waals surface area (Å²) in [6.45, 7) is 2.50.